The second kappa shape index (κ2) is 8.93. The summed E-state index contributed by atoms with van der Waals surface area (Å²) in [6.45, 7) is 2.61. The van der Waals surface area contributed by atoms with Gasteiger partial charge in [0.15, 0.2) is 0 Å². The van der Waals surface area contributed by atoms with Gasteiger partial charge in [0.25, 0.3) is 0 Å². The number of aromatic amines is 1. The number of thioether (sulfide) groups is 1. The topological polar surface area (TPSA) is 116 Å². The van der Waals surface area contributed by atoms with Gasteiger partial charge in [0.05, 0.1) is 4.90 Å². The first-order valence-corrected chi connectivity index (χ1v) is 12.0. The molecule has 2 aromatic rings. The largest absolute Gasteiger partial charge is 0.480 e. The van der Waals surface area contributed by atoms with E-state index in [1.807, 2.05) is 0 Å². The van der Waals surface area contributed by atoms with E-state index in [4.69, 9.17) is 5.11 Å². The summed E-state index contributed by atoms with van der Waals surface area (Å²) < 4.78 is 27.9. The van der Waals surface area contributed by atoms with Crippen molar-refractivity contribution in [2.24, 2.45) is 0 Å². The lowest BCUT2D eigenvalue weighted by atomic mass is 9.98. The Morgan fingerprint density at radius 2 is 2.00 bits per heavy atom. The monoisotopic (exact) mass is 488 g/mol. The van der Waals surface area contributed by atoms with E-state index in [0.717, 1.165) is 16.2 Å². The average molecular weight is 489 g/mol. The molecule has 0 radical (unpaired) electrons. The van der Waals surface area contributed by atoms with Crippen molar-refractivity contribution in [3.8, 4) is 0 Å². The predicted molar refractivity (Wildman–Crippen MR) is 109 cm³/mol. The number of rotatable bonds is 7. The number of nitrogens with one attached hydrogen (secondary N) is 1. The van der Waals surface area contributed by atoms with E-state index in [1.54, 1.807) is 31.2 Å². The number of aromatic nitrogens is 3. The molecule has 2 N–H and O–H groups in total. The van der Waals surface area contributed by atoms with Crippen molar-refractivity contribution in [2.45, 2.75) is 47.4 Å². The van der Waals surface area contributed by atoms with Gasteiger partial charge in [-0.1, -0.05) is 34.6 Å². The van der Waals surface area contributed by atoms with E-state index >= 15 is 0 Å². The number of carbonyl (C=O) groups is 1. The molecule has 0 spiro atoms. The lowest BCUT2D eigenvalue weighted by Gasteiger charge is -2.30. The van der Waals surface area contributed by atoms with Gasteiger partial charge >= 0.3 is 5.97 Å². The minimum atomic E-state index is -3.51. The van der Waals surface area contributed by atoms with Gasteiger partial charge in [-0.15, -0.1) is 5.10 Å². The molecule has 1 fully saturated rings. The molecular formula is C17H21BrN4O4S2. The number of nitrogens with zero attached hydrogens (tertiary/aromatic N) is 3. The molecule has 3 rings (SSSR count). The van der Waals surface area contributed by atoms with E-state index in [0.29, 0.717) is 43.3 Å². The van der Waals surface area contributed by atoms with Crippen molar-refractivity contribution in [1.29, 1.82) is 0 Å². The van der Waals surface area contributed by atoms with E-state index in [9.17, 15) is 13.2 Å². The molecule has 0 unspecified atom stereocenters. The van der Waals surface area contributed by atoms with Gasteiger partial charge in [-0.2, -0.15) is 4.31 Å². The summed E-state index contributed by atoms with van der Waals surface area (Å²) in [6.07, 6.45) is 1.74. The van der Waals surface area contributed by atoms with Gasteiger partial charge in [-0.25, -0.2) is 13.4 Å². The molecule has 28 heavy (non-hydrogen) atoms. The van der Waals surface area contributed by atoms with Crippen LogP contribution in [0.15, 0.2) is 38.8 Å². The van der Waals surface area contributed by atoms with Crippen molar-refractivity contribution >= 4 is 43.7 Å². The predicted octanol–water partition coefficient (Wildman–Crippen LogP) is 3.09. The number of benzene rings is 1. The summed E-state index contributed by atoms with van der Waals surface area (Å²) in [5, 5.41) is 16.0. The maximum atomic E-state index is 12.8. The van der Waals surface area contributed by atoms with Gasteiger partial charge in [0, 0.05) is 23.5 Å². The summed E-state index contributed by atoms with van der Waals surface area (Å²) in [5.74, 6) is -0.128. The zero-order valence-corrected chi connectivity index (χ0v) is 18.4. The van der Waals surface area contributed by atoms with Crippen LogP contribution in [-0.2, 0) is 14.8 Å². The van der Waals surface area contributed by atoms with Gasteiger partial charge in [-0.05, 0) is 43.5 Å². The molecule has 1 aliphatic heterocycles. The molecule has 0 aliphatic carbocycles. The number of H-pyrrole nitrogens is 1. The molecule has 0 bridgehead atoms. The van der Waals surface area contributed by atoms with Gasteiger partial charge in [-0.3, -0.25) is 9.89 Å². The Kier molecular flexibility index (Phi) is 6.79. The van der Waals surface area contributed by atoms with Crippen LogP contribution in [0.3, 0.4) is 0 Å². The molecule has 8 nitrogen and oxygen atoms in total. The fourth-order valence-electron chi connectivity index (χ4n) is 3.05. The van der Waals surface area contributed by atoms with Crippen LogP contribution in [-0.4, -0.2) is 57.3 Å². The zero-order chi connectivity index (χ0) is 20.3. The van der Waals surface area contributed by atoms with Gasteiger partial charge in [0.1, 0.15) is 11.1 Å². The first-order chi connectivity index (χ1) is 13.3. The molecule has 1 saturated heterocycles. The minimum absolute atomic E-state index is 0.0723. The van der Waals surface area contributed by atoms with Crippen LogP contribution >= 0.6 is 27.7 Å². The summed E-state index contributed by atoms with van der Waals surface area (Å²) in [7, 11) is -3.51. The van der Waals surface area contributed by atoms with E-state index in [2.05, 4.69) is 31.1 Å². The highest BCUT2D eigenvalue weighted by atomic mass is 79.9. The van der Waals surface area contributed by atoms with E-state index < -0.39 is 21.2 Å². The summed E-state index contributed by atoms with van der Waals surface area (Å²) in [4.78, 5) is 15.9. The normalized spacial score (nSPS) is 17.5. The highest BCUT2D eigenvalue weighted by Crippen LogP contribution is 2.31. The molecule has 1 aromatic carbocycles. The van der Waals surface area contributed by atoms with Crippen molar-refractivity contribution in [3.63, 3.8) is 0 Å². The van der Waals surface area contributed by atoms with Crippen LogP contribution < -0.4 is 0 Å². The molecular weight excluding hydrogens is 468 g/mol. The van der Waals surface area contributed by atoms with Crippen LogP contribution in [0.25, 0.3) is 0 Å². The van der Waals surface area contributed by atoms with Crippen LogP contribution in [0, 0.1) is 0 Å². The number of sulfonamides is 1. The fourth-order valence-corrected chi connectivity index (χ4v) is 5.56. The Labute approximate surface area is 176 Å². The van der Waals surface area contributed by atoms with Crippen LogP contribution in [0.1, 0.15) is 37.9 Å². The second-order valence-corrected chi connectivity index (χ2v) is 10.5. The van der Waals surface area contributed by atoms with Crippen LogP contribution in [0.5, 0.6) is 0 Å². The maximum Gasteiger partial charge on any atom is 0.317 e. The first kappa shape index (κ1) is 21.3. The maximum absolute atomic E-state index is 12.8. The third-order valence-electron chi connectivity index (χ3n) is 4.67. The molecule has 1 aliphatic rings. The molecule has 1 atom stereocenters. The van der Waals surface area contributed by atoms with Crippen molar-refractivity contribution < 1.29 is 18.3 Å². The Hall–Kier alpha value is -1.43. The number of piperidine rings is 1. The third-order valence-corrected chi connectivity index (χ3v) is 8.32. The van der Waals surface area contributed by atoms with E-state index in [1.165, 1.54) is 4.31 Å². The SMILES string of the molecule is CC[C@H](Sc1n[nH]c(C2CCN(S(=O)(=O)c3ccc(Br)cc3)CC2)n1)C(=O)O. The molecule has 2 heterocycles. The standard InChI is InChI=1S/C17H21BrN4O4S2/c1-2-14(16(23)24)27-17-19-15(20-21-17)11-7-9-22(10-8-11)28(25,26)13-5-3-12(18)4-6-13/h3-6,11,14H,2,7-10H2,1H3,(H,23,24)(H,19,20,21)/t14-/m0/s1. The minimum Gasteiger partial charge on any atom is -0.480 e. The number of hydrogen-bond donors (Lipinski definition) is 2. The lowest BCUT2D eigenvalue weighted by molar-refractivity contribution is -0.136. The average Bonchev–Trinajstić information content (AvgIpc) is 3.15. The summed E-state index contributed by atoms with van der Waals surface area (Å²) in [5.41, 5.74) is 0. The van der Waals surface area contributed by atoms with Crippen molar-refractivity contribution in [1.82, 2.24) is 19.5 Å². The Bertz CT molecular complexity index is 925. The Morgan fingerprint density at radius 1 is 1.36 bits per heavy atom. The van der Waals surface area contributed by atoms with Crippen molar-refractivity contribution in [3.05, 3.63) is 34.6 Å². The molecule has 11 heteroatoms. The van der Waals surface area contributed by atoms with Crippen LogP contribution in [0.4, 0.5) is 0 Å². The number of carboxylic acids is 1. The van der Waals surface area contributed by atoms with Gasteiger partial charge < -0.3 is 5.11 Å². The number of aliphatic carboxylic acids is 1. The highest BCUT2D eigenvalue weighted by Gasteiger charge is 2.31. The Balaban J connectivity index is 1.62. The third kappa shape index (κ3) is 4.76. The molecule has 0 saturated carbocycles. The Morgan fingerprint density at radius 3 is 2.57 bits per heavy atom. The molecule has 152 valence electrons. The fraction of sp³-hybridized carbons (Fsp3) is 0.471. The van der Waals surface area contributed by atoms with E-state index in [-0.39, 0.29) is 10.8 Å². The summed E-state index contributed by atoms with van der Waals surface area (Å²) >= 11 is 4.43. The zero-order valence-electron chi connectivity index (χ0n) is 15.2. The van der Waals surface area contributed by atoms with Gasteiger partial charge in [0.2, 0.25) is 15.2 Å². The van der Waals surface area contributed by atoms with Crippen LogP contribution in [0.2, 0.25) is 0 Å². The number of halogens is 1. The lowest BCUT2D eigenvalue weighted by Crippen LogP contribution is -2.38. The first-order valence-electron chi connectivity index (χ1n) is 8.88. The molecule has 0 amide bonds. The quantitative estimate of drug-likeness (QED) is 0.574. The number of carboxylic acid groups (broad SMARTS) is 1. The molecule has 1 aromatic heterocycles. The second-order valence-electron chi connectivity index (χ2n) is 6.49. The number of hydrogen-bond acceptors (Lipinski definition) is 6. The smallest absolute Gasteiger partial charge is 0.317 e. The van der Waals surface area contributed by atoms with Crippen molar-refractivity contribution in [2.75, 3.05) is 13.1 Å². The summed E-state index contributed by atoms with van der Waals surface area (Å²) in [6, 6.07) is 6.62. The highest BCUT2D eigenvalue weighted by molar-refractivity contribution is 9.10.